The molecule has 2 aliphatic carbocycles. The molecule has 4 nitrogen and oxygen atoms in total. The minimum Gasteiger partial charge on any atom is -0.465 e. The van der Waals surface area contributed by atoms with Crippen LogP contribution in [0.4, 0.5) is 0 Å². The van der Waals surface area contributed by atoms with Gasteiger partial charge in [0.2, 0.25) is 0 Å². The van der Waals surface area contributed by atoms with Crippen molar-refractivity contribution in [3.8, 4) is 0 Å². The SMILES string of the molecule is COC(=O)C1=C/C=C2/C=C\C=C/C=C(/C=C\1C(=O)OC)C2. The summed E-state index contributed by atoms with van der Waals surface area (Å²) in [7, 11) is 2.57. The number of rotatable bonds is 2. The Kier molecular flexibility index (Phi) is 4.72. The van der Waals surface area contributed by atoms with Gasteiger partial charge in [-0.15, -0.1) is 0 Å². The van der Waals surface area contributed by atoms with E-state index in [1.54, 1.807) is 12.2 Å². The summed E-state index contributed by atoms with van der Waals surface area (Å²) in [5.74, 6) is -1.13. The van der Waals surface area contributed by atoms with Gasteiger partial charge in [-0.2, -0.15) is 0 Å². The van der Waals surface area contributed by atoms with E-state index in [9.17, 15) is 9.59 Å². The minimum atomic E-state index is -0.569. The van der Waals surface area contributed by atoms with Gasteiger partial charge < -0.3 is 9.47 Å². The third kappa shape index (κ3) is 3.48. The lowest BCUT2D eigenvalue weighted by Gasteiger charge is -2.13. The highest BCUT2D eigenvalue weighted by molar-refractivity contribution is 6.07. The summed E-state index contributed by atoms with van der Waals surface area (Å²) in [6.07, 6.45) is 15.3. The zero-order valence-corrected chi connectivity index (χ0v) is 12.0. The molecule has 0 unspecified atom stereocenters. The molecule has 0 spiro atoms. The number of carbonyl (C=O) groups excluding carboxylic acids is 2. The van der Waals surface area contributed by atoms with E-state index in [0.29, 0.717) is 6.42 Å². The topological polar surface area (TPSA) is 52.6 Å². The van der Waals surface area contributed by atoms with Gasteiger partial charge in [0.25, 0.3) is 0 Å². The van der Waals surface area contributed by atoms with Crippen LogP contribution in [0.2, 0.25) is 0 Å². The maximum atomic E-state index is 12.0. The number of hydrogen-bond acceptors (Lipinski definition) is 4. The molecule has 0 aliphatic heterocycles. The van der Waals surface area contributed by atoms with Crippen LogP contribution < -0.4 is 0 Å². The summed E-state index contributed by atoms with van der Waals surface area (Å²) < 4.78 is 9.52. The normalized spacial score (nSPS) is 30.0. The maximum Gasteiger partial charge on any atom is 0.338 e. The van der Waals surface area contributed by atoms with E-state index in [1.807, 2.05) is 36.5 Å². The molecule has 0 aromatic heterocycles. The second-order valence-corrected chi connectivity index (χ2v) is 4.53. The number of ether oxygens (including phenoxy) is 2. The van der Waals surface area contributed by atoms with Crippen molar-refractivity contribution >= 4 is 11.9 Å². The van der Waals surface area contributed by atoms with Crippen LogP contribution in [-0.4, -0.2) is 26.2 Å². The standard InChI is InChI=1S/C17H16O4/c1-20-16(18)14-9-8-12-6-4-3-5-7-13(10-12)11-15(14)17(19)21-2/h3-9,11H,10H2,1-2H3/b4-3?,5-3-,6-4-,7-5?,9-8?,12-6?,12-8-,13-7+,13-11?,14-9+,15-11+,15-14?. The van der Waals surface area contributed by atoms with Gasteiger partial charge in [-0.25, -0.2) is 9.59 Å². The fraction of sp³-hybridized carbons (Fsp3) is 0.176. The van der Waals surface area contributed by atoms with Crippen molar-refractivity contribution in [2.45, 2.75) is 6.42 Å². The van der Waals surface area contributed by atoms with Gasteiger partial charge >= 0.3 is 11.9 Å². The van der Waals surface area contributed by atoms with Gasteiger partial charge in [0.1, 0.15) is 0 Å². The van der Waals surface area contributed by atoms with Crippen molar-refractivity contribution in [1.29, 1.82) is 0 Å². The molecule has 0 atom stereocenters. The molecule has 0 fully saturated rings. The zero-order valence-electron chi connectivity index (χ0n) is 12.0. The maximum absolute atomic E-state index is 12.0. The number of hydrogen-bond donors (Lipinski definition) is 0. The van der Waals surface area contributed by atoms with Crippen LogP contribution in [0, 0.1) is 0 Å². The molecular weight excluding hydrogens is 268 g/mol. The molecule has 0 saturated heterocycles. The third-order valence-corrected chi connectivity index (χ3v) is 3.15. The van der Waals surface area contributed by atoms with Crippen LogP contribution in [0.5, 0.6) is 0 Å². The molecule has 0 aromatic carbocycles. The molecule has 0 aromatic rings. The monoisotopic (exact) mass is 284 g/mol. The van der Waals surface area contributed by atoms with E-state index in [4.69, 9.17) is 9.47 Å². The van der Waals surface area contributed by atoms with Crippen LogP contribution in [0.15, 0.2) is 70.9 Å². The molecule has 108 valence electrons. The Morgan fingerprint density at radius 2 is 1.57 bits per heavy atom. The van der Waals surface area contributed by atoms with Gasteiger partial charge in [0.05, 0.1) is 25.4 Å². The van der Waals surface area contributed by atoms with Gasteiger partial charge in [0.15, 0.2) is 0 Å². The van der Waals surface area contributed by atoms with Crippen LogP contribution in [0.3, 0.4) is 0 Å². The van der Waals surface area contributed by atoms with Crippen molar-refractivity contribution < 1.29 is 19.1 Å². The highest BCUT2D eigenvalue weighted by Crippen LogP contribution is 2.25. The summed E-state index contributed by atoms with van der Waals surface area (Å²) >= 11 is 0. The Morgan fingerprint density at radius 3 is 2.29 bits per heavy atom. The van der Waals surface area contributed by atoms with Crippen LogP contribution in [0.25, 0.3) is 0 Å². The number of methoxy groups -OCH3 is 2. The van der Waals surface area contributed by atoms with Crippen molar-refractivity contribution in [1.82, 2.24) is 0 Å². The Labute approximate surface area is 123 Å². The van der Waals surface area contributed by atoms with Crippen LogP contribution >= 0.6 is 0 Å². The fourth-order valence-corrected chi connectivity index (χ4v) is 2.10. The first kappa shape index (κ1) is 14.8. The second kappa shape index (κ2) is 6.70. The van der Waals surface area contributed by atoms with Crippen molar-refractivity contribution in [2.75, 3.05) is 14.2 Å². The lowest BCUT2D eigenvalue weighted by Crippen LogP contribution is -2.16. The third-order valence-electron chi connectivity index (χ3n) is 3.15. The van der Waals surface area contributed by atoms with Crippen LogP contribution in [0.1, 0.15) is 6.42 Å². The van der Waals surface area contributed by atoms with Crippen molar-refractivity contribution in [2.24, 2.45) is 0 Å². The Morgan fingerprint density at radius 1 is 0.857 bits per heavy atom. The average Bonchev–Trinajstić information content (AvgIpc) is 2.44. The smallest absolute Gasteiger partial charge is 0.338 e. The van der Waals surface area contributed by atoms with E-state index in [0.717, 1.165) is 11.1 Å². The van der Waals surface area contributed by atoms with E-state index in [-0.39, 0.29) is 11.1 Å². The molecule has 0 N–H and O–H groups in total. The van der Waals surface area contributed by atoms with Crippen molar-refractivity contribution in [3.05, 3.63) is 70.9 Å². The summed E-state index contributed by atoms with van der Waals surface area (Å²) in [4.78, 5) is 23.9. The first-order valence-electron chi connectivity index (χ1n) is 6.49. The summed E-state index contributed by atoms with van der Waals surface area (Å²) in [5.41, 5.74) is 2.33. The van der Waals surface area contributed by atoms with Crippen molar-refractivity contribution in [3.63, 3.8) is 0 Å². The summed E-state index contributed by atoms with van der Waals surface area (Å²) in [6.45, 7) is 0. The number of allylic oxidation sites excluding steroid dienone is 10. The van der Waals surface area contributed by atoms with Gasteiger partial charge in [0, 0.05) is 0 Å². The lowest BCUT2D eigenvalue weighted by molar-refractivity contribution is -0.139. The van der Waals surface area contributed by atoms with Gasteiger partial charge in [-0.1, -0.05) is 36.5 Å². The molecule has 4 heteroatoms. The Hall–Kier alpha value is -2.62. The largest absolute Gasteiger partial charge is 0.465 e. The number of fused-ring (bicyclic) bond motifs is 2. The number of carbonyl (C=O) groups is 2. The van der Waals surface area contributed by atoms with E-state index in [2.05, 4.69) is 0 Å². The average molecular weight is 284 g/mol. The van der Waals surface area contributed by atoms with Gasteiger partial charge in [-0.05, 0) is 29.7 Å². The quantitative estimate of drug-likeness (QED) is 0.731. The fourth-order valence-electron chi connectivity index (χ4n) is 2.10. The molecule has 0 amide bonds. The van der Waals surface area contributed by atoms with E-state index >= 15 is 0 Å². The zero-order chi connectivity index (χ0) is 15.2. The first-order chi connectivity index (χ1) is 10.2. The molecule has 0 saturated carbocycles. The second-order valence-electron chi connectivity index (χ2n) is 4.53. The predicted molar refractivity (Wildman–Crippen MR) is 79.3 cm³/mol. The Balaban J connectivity index is 2.60. The summed E-state index contributed by atoms with van der Waals surface area (Å²) in [5, 5.41) is 0. The van der Waals surface area contributed by atoms with E-state index < -0.39 is 11.9 Å². The summed E-state index contributed by atoms with van der Waals surface area (Å²) in [6, 6.07) is 0. The Bertz CT molecular complexity index is 640. The predicted octanol–water partition coefficient (Wildman–Crippen LogP) is 2.57. The molecule has 0 radical (unpaired) electrons. The first-order valence-corrected chi connectivity index (χ1v) is 6.49. The highest BCUT2D eigenvalue weighted by Gasteiger charge is 2.23. The lowest BCUT2D eigenvalue weighted by atomic mass is 9.93. The molecule has 2 bridgehead atoms. The molecule has 2 aliphatic rings. The number of esters is 2. The van der Waals surface area contributed by atoms with Crippen LogP contribution in [-0.2, 0) is 19.1 Å². The minimum absolute atomic E-state index is 0.186. The molecule has 2 rings (SSSR count). The molecule has 21 heavy (non-hydrogen) atoms. The van der Waals surface area contributed by atoms with E-state index in [1.165, 1.54) is 14.2 Å². The molecule has 0 heterocycles. The van der Waals surface area contributed by atoms with Gasteiger partial charge in [-0.3, -0.25) is 0 Å². The highest BCUT2D eigenvalue weighted by atomic mass is 16.5. The molecular formula is C17H16O4.